The number of hydrogen-bond acceptors (Lipinski definition) is 6. The first-order valence-electron chi connectivity index (χ1n) is 8.64. The molecule has 0 aliphatic carbocycles. The van der Waals surface area contributed by atoms with Crippen molar-refractivity contribution >= 4 is 5.96 Å². The predicted molar refractivity (Wildman–Crippen MR) is 93.1 cm³/mol. The smallest absolute Gasteiger partial charge is 0.232 e. The molecule has 1 aliphatic rings. The zero-order valence-electron chi connectivity index (χ0n) is 15.3. The van der Waals surface area contributed by atoms with Crippen LogP contribution >= 0.6 is 0 Å². The SMILES string of the molecule is CCNC(=NCc1noc(C(C)(C)C)n1)NCCN1CCOCC1. The molecule has 2 heterocycles. The summed E-state index contributed by atoms with van der Waals surface area (Å²) >= 11 is 0. The molecule has 1 aromatic heterocycles. The maximum absolute atomic E-state index is 5.36. The Hall–Kier alpha value is -1.67. The summed E-state index contributed by atoms with van der Waals surface area (Å²) in [4.78, 5) is 11.3. The third-order valence-electron chi connectivity index (χ3n) is 3.66. The summed E-state index contributed by atoms with van der Waals surface area (Å²) in [6.45, 7) is 14.8. The summed E-state index contributed by atoms with van der Waals surface area (Å²) in [6.07, 6.45) is 0. The topological polar surface area (TPSA) is 87.8 Å². The van der Waals surface area contributed by atoms with Gasteiger partial charge in [-0.15, -0.1) is 0 Å². The maximum Gasteiger partial charge on any atom is 0.232 e. The van der Waals surface area contributed by atoms with E-state index in [0.29, 0.717) is 18.3 Å². The monoisotopic (exact) mass is 338 g/mol. The lowest BCUT2D eigenvalue weighted by Gasteiger charge is -2.26. The Balaban J connectivity index is 1.82. The Labute approximate surface area is 144 Å². The summed E-state index contributed by atoms with van der Waals surface area (Å²) in [5, 5.41) is 10.6. The lowest BCUT2D eigenvalue weighted by molar-refractivity contribution is 0.0389. The minimum Gasteiger partial charge on any atom is -0.379 e. The Bertz CT molecular complexity index is 517. The van der Waals surface area contributed by atoms with E-state index in [-0.39, 0.29) is 5.41 Å². The maximum atomic E-state index is 5.36. The number of morpholine rings is 1. The normalized spacial score (nSPS) is 17.1. The summed E-state index contributed by atoms with van der Waals surface area (Å²) in [5.41, 5.74) is -0.143. The summed E-state index contributed by atoms with van der Waals surface area (Å²) in [6, 6.07) is 0. The number of nitrogens with one attached hydrogen (secondary N) is 2. The number of nitrogens with zero attached hydrogens (tertiary/aromatic N) is 4. The molecule has 0 aromatic carbocycles. The second-order valence-corrected chi connectivity index (χ2v) is 6.84. The number of aromatic nitrogens is 2. The minimum atomic E-state index is -0.143. The van der Waals surface area contributed by atoms with Crippen LogP contribution in [0.25, 0.3) is 0 Å². The molecule has 0 bridgehead atoms. The number of rotatable bonds is 6. The van der Waals surface area contributed by atoms with Crippen molar-refractivity contribution in [3.63, 3.8) is 0 Å². The highest BCUT2D eigenvalue weighted by Crippen LogP contribution is 2.19. The molecule has 0 radical (unpaired) electrons. The van der Waals surface area contributed by atoms with Crippen molar-refractivity contribution in [3.05, 3.63) is 11.7 Å². The molecule has 0 saturated carbocycles. The van der Waals surface area contributed by atoms with Crippen LogP contribution in [0.5, 0.6) is 0 Å². The van der Waals surface area contributed by atoms with Crippen molar-refractivity contribution in [1.82, 2.24) is 25.7 Å². The highest BCUT2D eigenvalue weighted by atomic mass is 16.5. The number of aliphatic imine (C=N–C) groups is 1. The average Bonchev–Trinajstić information content (AvgIpc) is 3.03. The molecule has 1 saturated heterocycles. The van der Waals surface area contributed by atoms with Crippen LogP contribution in [0, 0.1) is 0 Å². The van der Waals surface area contributed by atoms with Crippen LogP contribution < -0.4 is 10.6 Å². The Morgan fingerprint density at radius 3 is 2.62 bits per heavy atom. The highest BCUT2D eigenvalue weighted by Gasteiger charge is 2.21. The molecule has 0 atom stereocenters. The van der Waals surface area contributed by atoms with Gasteiger partial charge in [0, 0.05) is 38.1 Å². The molecule has 1 fully saturated rings. The van der Waals surface area contributed by atoms with E-state index in [1.807, 2.05) is 27.7 Å². The van der Waals surface area contributed by atoms with Gasteiger partial charge in [0.05, 0.1) is 13.2 Å². The van der Waals surface area contributed by atoms with Crippen LogP contribution in [-0.2, 0) is 16.7 Å². The molecule has 0 spiro atoms. The van der Waals surface area contributed by atoms with Crippen molar-refractivity contribution in [3.8, 4) is 0 Å². The summed E-state index contributed by atoms with van der Waals surface area (Å²) < 4.78 is 10.7. The van der Waals surface area contributed by atoms with Crippen molar-refractivity contribution in [1.29, 1.82) is 0 Å². The fraction of sp³-hybridized carbons (Fsp3) is 0.812. The summed E-state index contributed by atoms with van der Waals surface area (Å²) in [5.74, 6) is 2.01. The molecule has 8 heteroatoms. The van der Waals surface area contributed by atoms with E-state index in [9.17, 15) is 0 Å². The Kier molecular flexibility index (Phi) is 6.99. The van der Waals surface area contributed by atoms with Crippen LogP contribution in [0.1, 0.15) is 39.4 Å². The van der Waals surface area contributed by atoms with Crippen molar-refractivity contribution < 1.29 is 9.26 Å². The standard InChI is InChI=1S/C16H30N6O2/c1-5-17-15(18-6-7-22-8-10-23-11-9-22)19-12-13-20-14(24-21-13)16(2,3)4/h5-12H2,1-4H3,(H2,17,18,19). The molecule has 8 nitrogen and oxygen atoms in total. The fourth-order valence-corrected chi connectivity index (χ4v) is 2.27. The van der Waals surface area contributed by atoms with Crippen LogP contribution in [0.15, 0.2) is 9.52 Å². The Morgan fingerprint density at radius 1 is 1.25 bits per heavy atom. The first-order chi connectivity index (χ1) is 11.5. The van der Waals surface area contributed by atoms with Gasteiger partial charge in [-0.25, -0.2) is 4.99 Å². The van der Waals surface area contributed by atoms with Gasteiger partial charge in [-0.2, -0.15) is 4.98 Å². The lowest BCUT2D eigenvalue weighted by atomic mass is 9.97. The van der Waals surface area contributed by atoms with Crippen LogP contribution in [0.2, 0.25) is 0 Å². The molecule has 136 valence electrons. The minimum absolute atomic E-state index is 0.143. The van der Waals surface area contributed by atoms with Crippen LogP contribution in [-0.4, -0.2) is 66.9 Å². The first kappa shape index (κ1) is 18.7. The van der Waals surface area contributed by atoms with Gasteiger partial charge in [0.25, 0.3) is 0 Å². The van der Waals surface area contributed by atoms with Crippen molar-refractivity contribution in [2.75, 3.05) is 45.9 Å². The number of hydrogen-bond donors (Lipinski definition) is 2. The van der Waals surface area contributed by atoms with Gasteiger partial charge in [-0.1, -0.05) is 25.9 Å². The quantitative estimate of drug-likeness (QED) is 0.585. The van der Waals surface area contributed by atoms with E-state index in [1.54, 1.807) is 0 Å². The van der Waals surface area contributed by atoms with Gasteiger partial charge in [0.1, 0.15) is 6.54 Å². The highest BCUT2D eigenvalue weighted by molar-refractivity contribution is 5.79. The fourth-order valence-electron chi connectivity index (χ4n) is 2.27. The third-order valence-corrected chi connectivity index (χ3v) is 3.66. The van der Waals surface area contributed by atoms with E-state index >= 15 is 0 Å². The van der Waals surface area contributed by atoms with Gasteiger partial charge in [0.15, 0.2) is 11.8 Å². The molecule has 1 aromatic rings. The predicted octanol–water partition coefficient (Wildman–Crippen LogP) is 0.754. The third kappa shape index (κ3) is 6.09. The lowest BCUT2D eigenvalue weighted by Crippen LogP contribution is -2.44. The van der Waals surface area contributed by atoms with Gasteiger partial charge in [0.2, 0.25) is 5.89 Å². The van der Waals surface area contributed by atoms with Crippen molar-refractivity contribution in [2.45, 2.75) is 39.7 Å². The first-order valence-corrected chi connectivity index (χ1v) is 8.64. The molecule has 2 N–H and O–H groups in total. The second kappa shape index (κ2) is 8.98. The molecule has 2 rings (SSSR count). The van der Waals surface area contributed by atoms with Gasteiger partial charge >= 0.3 is 0 Å². The van der Waals surface area contributed by atoms with E-state index in [0.717, 1.165) is 51.9 Å². The number of guanidine groups is 1. The Morgan fingerprint density at radius 2 is 2.00 bits per heavy atom. The largest absolute Gasteiger partial charge is 0.379 e. The molecular formula is C16H30N6O2. The zero-order chi connectivity index (χ0) is 17.4. The van der Waals surface area contributed by atoms with Crippen LogP contribution in [0.4, 0.5) is 0 Å². The average molecular weight is 338 g/mol. The van der Waals surface area contributed by atoms with Gasteiger partial charge in [-0.05, 0) is 6.92 Å². The van der Waals surface area contributed by atoms with Gasteiger partial charge in [-0.3, -0.25) is 4.90 Å². The molecular weight excluding hydrogens is 308 g/mol. The van der Waals surface area contributed by atoms with E-state index in [4.69, 9.17) is 9.26 Å². The number of ether oxygens (including phenoxy) is 1. The van der Waals surface area contributed by atoms with Crippen molar-refractivity contribution in [2.24, 2.45) is 4.99 Å². The molecule has 0 amide bonds. The van der Waals surface area contributed by atoms with Crippen LogP contribution in [0.3, 0.4) is 0 Å². The second-order valence-electron chi connectivity index (χ2n) is 6.84. The molecule has 1 aliphatic heterocycles. The summed E-state index contributed by atoms with van der Waals surface area (Å²) in [7, 11) is 0. The van der Waals surface area contributed by atoms with Gasteiger partial charge < -0.3 is 19.9 Å². The van der Waals surface area contributed by atoms with E-state index in [1.165, 1.54) is 0 Å². The zero-order valence-corrected chi connectivity index (χ0v) is 15.3. The van der Waals surface area contributed by atoms with E-state index in [2.05, 4.69) is 30.7 Å². The molecule has 24 heavy (non-hydrogen) atoms. The molecule has 0 unspecified atom stereocenters. The van der Waals surface area contributed by atoms with E-state index < -0.39 is 0 Å².